The van der Waals surface area contributed by atoms with Gasteiger partial charge in [0.15, 0.2) is 0 Å². The molecule has 3 aromatic rings. The maximum atomic E-state index is 13.4. The summed E-state index contributed by atoms with van der Waals surface area (Å²) in [5, 5.41) is 0. The Labute approximate surface area is 163 Å². The highest BCUT2D eigenvalue weighted by Crippen LogP contribution is 2.32. The number of carbonyl (C=O) groups is 1. The van der Waals surface area contributed by atoms with Gasteiger partial charge in [-0.25, -0.2) is 4.98 Å². The minimum atomic E-state index is -0.166. The standard InChI is InChI=1S/C22H21N3O3/c26-22(25-11-9-16-5-1-2-7-18(16)25)17-6-3-10-23-21(17)24-12-14-28-20(15-24)19-8-4-13-27-19/h1-8,10,13,20H,9,11-12,14-15H2. The largest absolute Gasteiger partial charge is 0.467 e. The van der Waals surface area contributed by atoms with Gasteiger partial charge in [-0.05, 0) is 42.3 Å². The van der Waals surface area contributed by atoms with E-state index in [2.05, 4.69) is 16.0 Å². The highest BCUT2D eigenvalue weighted by molar-refractivity contribution is 6.10. The molecule has 1 saturated heterocycles. The summed E-state index contributed by atoms with van der Waals surface area (Å²) < 4.78 is 11.4. The number of ether oxygens (including phenoxy) is 1. The van der Waals surface area contributed by atoms with Crippen LogP contribution in [0.15, 0.2) is 65.4 Å². The van der Waals surface area contributed by atoms with Crippen LogP contribution in [0, 0.1) is 0 Å². The van der Waals surface area contributed by atoms with Crippen LogP contribution < -0.4 is 9.80 Å². The SMILES string of the molecule is O=C(c1cccnc1N1CCOC(c2ccco2)C1)N1CCc2ccccc21. The number of amides is 1. The molecule has 1 fully saturated rings. The van der Waals surface area contributed by atoms with Crippen LogP contribution in [0.25, 0.3) is 0 Å². The molecule has 0 aliphatic carbocycles. The minimum Gasteiger partial charge on any atom is -0.467 e. The number of hydrogen-bond acceptors (Lipinski definition) is 5. The number of anilines is 2. The Bertz CT molecular complexity index is 986. The molecule has 6 heteroatoms. The molecule has 2 aromatic heterocycles. The number of carbonyl (C=O) groups excluding carboxylic acids is 1. The van der Waals surface area contributed by atoms with Crippen molar-refractivity contribution in [1.82, 2.24) is 4.98 Å². The number of benzene rings is 1. The lowest BCUT2D eigenvalue weighted by Gasteiger charge is -2.34. The molecule has 0 bridgehead atoms. The predicted molar refractivity (Wildman–Crippen MR) is 106 cm³/mol. The van der Waals surface area contributed by atoms with Gasteiger partial charge in [0.25, 0.3) is 5.91 Å². The first-order valence-corrected chi connectivity index (χ1v) is 9.56. The van der Waals surface area contributed by atoms with E-state index in [-0.39, 0.29) is 12.0 Å². The average Bonchev–Trinajstić information content (AvgIpc) is 3.44. The third-order valence-electron chi connectivity index (χ3n) is 5.38. The third kappa shape index (κ3) is 2.96. The van der Waals surface area contributed by atoms with E-state index in [9.17, 15) is 4.79 Å². The maximum Gasteiger partial charge on any atom is 0.262 e. The lowest BCUT2D eigenvalue weighted by Crippen LogP contribution is -2.40. The molecule has 6 nitrogen and oxygen atoms in total. The van der Waals surface area contributed by atoms with Crippen LogP contribution in [-0.2, 0) is 11.2 Å². The lowest BCUT2D eigenvalue weighted by molar-refractivity contribution is 0.0254. The monoisotopic (exact) mass is 375 g/mol. The Morgan fingerprint density at radius 3 is 2.89 bits per heavy atom. The second-order valence-corrected chi connectivity index (χ2v) is 7.03. The van der Waals surface area contributed by atoms with Gasteiger partial charge < -0.3 is 19.0 Å². The fourth-order valence-corrected chi connectivity index (χ4v) is 4.00. The van der Waals surface area contributed by atoms with Gasteiger partial charge in [-0.1, -0.05) is 18.2 Å². The van der Waals surface area contributed by atoms with Crippen LogP contribution >= 0.6 is 0 Å². The van der Waals surface area contributed by atoms with E-state index >= 15 is 0 Å². The topological polar surface area (TPSA) is 58.8 Å². The number of furan rings is 1. The van der Waals surface area contributed by atoms with Crippen LogP contribution in [-0.4, -0.2) is 37.1 Å². The fraction of sp³-hybridized carbons (Fsp3) is 0.273. The molecule has 142 valence electrons. The van der Waals surface area contributed by atoms with E-state index in [1.807, 2.05) is 47.4 Å². The second kappa shape index (κ2) is 7.13. The van der Waals surface area contributed by atoms with Gasteiger partial charge in [-0.3, -0.25) is 4.79 Å². The maximum absolute atomic E-state index is 13.4. The Balaban J connectivity index is 1.44. The van der Waals surface area contributed by atoms with Crippen molar-refractivity contribution in [2.45, 2.75) is 12.5 Å². The summed E-state index contributed by atoms with van der Waals surface area (Å²) in [6, 6.07) is 15.6. The molecule has 4 heterocycles. The van der Waals surface area contributed by atoms with Crippen LogP contribution in [0.2, 0.25) is 0 Å². The zero-order chi connectivity index (χ0) is 18.9. The quantitative estimate of drug-likeness (QED) is 0.702. The number of morpholine rings is 1. The number of aromatic nitrogens is 1. The molecule has 2 aliphatic rings. The van der Waals surface area contributed by atoms with E-state index in [0.29, 0.717) is 37.6 Å². The first kappa shape index (κ1) is 17.0. The van der Waals surface area contributed by atoms with Crippen molar-refractivity contribution >= 4 is 17.4 Å². The van der Waals surface area contributed by atoms with Crippen molar-refractivity contribution in [3.8, 4) is 0 Å². The number of rotatable bonds is 3. The number of fused-ring (bicyclic) bond motifs is 1. The first-order chi connectivity index (χ1) is 13.8. The average molecular weight is 375 g/mol. The van der Waals surface area contributed by atoms with Crippen molar-refractivity contribution in [2.75, 3.05) is 36.0 Å². The van der Waals surface area contributed by atoms with Crippen LogP contribution in [0.5, 0.6) is 0 Å². The Hall–Kier alpha value is -3.12. The molecule has 1 amide bonds. The molecule has 28 heavy (non-hydrogen) atoms. The molecule has 5 rings (SSSR count). The number of nitrogens with zero attached hydrogens (tertiary/aromatic N) is 3. The number of hydrogen-bond donors (Lipinski definition) is 0. The summed E-state index contributed by atoms with van der Waals surface area (Å²) in [6.07, 6.45) is 4.11. The third-order valence-corrected chi connectivity index (χ3v) is 5.38. The normalized spacial score (nSPS) is 18.9. The highest BCUT2D eigenvalue weighted by Gasteiger charge is 2.31. The molecule has 1 atom stereocenters. The van der Waals surface area contributed by atoms with Gasteiger partial charge in [0.2, 0.25) is 0 Å². The molecule has 0 spiro atoms. The van der Waals surface area contributed by atoms with E-state index in [1.54, 1.807) is 12.5 Å². The second-order valence-electron chi connectivity index (χ2n) is 7.03. The van der Waals surface area contributed by atoms with Gasteiger partial charge in [0, 0.05) is 25.0 Å². The van der Waals surface area contributed by atoms with Crippen molar-refractivity contribution in [3.05, 3.63) is 77.9 Å². The minimum absolute atomic E-state index is 0.00547. The molecule has 1 unspecified atom stereocenters. The van der Waals surface area contributed by atoms with E-state index < -0.39 is 0 Å². The summed E-state index contributed by atoms with van der Waals surface area (Å²) in [5.41, 5.74) is 2.84. The molecular formula is C22H21N3O3. The van der Waals surface area contributed by atoms with Crippen molar-refractivity contribution in [1.29, 1.82) is 0 Å². The summed E-state index contributed by atoms with van der Waals surface area (Å²) in [6.45, 7) is 2.54. The summed E-state index contributed by atoms with van der Waals surface area (Å²) >= 11 is 0. The van der Waals surface area contributed by atoms with Gasteiger partial charge >= 0.3 is 0 Å². The summed E-state index contributed by atoms with van der Waals surface area (Å²) in [4.78, 5) is 21.9. The highest BCUT2D eigenvalue weighted by atomic mass is 16.5. The van der Waals surface area contributed by atoms with E-state index in [4.69, 9.17) is 9.15 Å². The molecule has 2 aliphatic heterocycles. The predicted octanol–water partition coefficient (Wildman–Crippen LogP) is 3.46. The van der Waals surface area contributed by atoms with Crippen molar-refractivity contribution in [2.24, 2.45) is 0 Å². The number of pyridine rings is 1. The summed E-state index contributed by atoms with van der Waals surface area (Å²) in [5.74, 6) is 1.49. The van der Waals surface area contributed by atoms with Crippen LogP contribution in [0.3, 0.4) is 0 Å². The molecule has 0 radical (unpaired) electrons. The zero-order valence-corrected chi connectivity index (χ0v) is 15.5. The van der Waals surface area contributed by atoms with Gasteiger partial charge in [-0.15, -0.1) is 0 Å². The number of para-hydroxylation sites is 1. The van der Waals surface area contributed by atoms with Crippen LogP contribution in [0.4, 0.5) is 11.5 Å². The molecular weight excluding hydrogens is 354 g/mol. The smallest absolute Gasteiger partial charge is 0.262 e. The Morgan fingerprint density at radius 2 is 2.00 bits per heavy atom. The van der Waals surface area contributed by atoms with E-state index in [1.165, 1.54) is 5.56 Å². The van der Waals surface area contributed by atoms with E-state index in [0.717, 1.165) is 17.9 Å². The molecule has 1 aromatic carbocycles. The molecule has 0 N–H and O–H groups in total. The first-order valence-electron chi connectivity index (χ1n) is 9.56. The van der Waals surface area contributed by atoms with Gasteiger partial charge in [0.05, 0.1) is 25.0 Å². The van der Waals surface area contributed by atoms with Crippen LogP contribution in [0.1, 0.15) is 27.8 Å². The molecule has 0 saturated carbocycles. The summed E-state index contributed by atoms with van der Waals surface area (Å²) in [7, 11) is 0. The zero-order valence-electron chi connectivity index (χ0n) is 15.5. The van der Waals surface area contributed by atoms with Crippen molar-refractivity contribution < 1.29 is 13.9 Å². The Morgan fingerprint density at radius 1 is 1.07 bits per heavy atom. The van der Waals surface area contributed by atoms with Gasteiger partial charge in [-0.2, -0.15) is 0 Å². The fourth-order valence-electron chi connectivity index (χ4n) is 4.00. The Kier molecular flexibility index (Phi) is 4.33. The van der Waals surface area contributed by atoms with Gasteiger partial charge in [0.1, 0.15) is 17.7 Å². The van der Waals surface area contributed by atoms with Crippen molar-refractivity contribution in [3.63, 3.8) is 0 Å². The lowest BCUT2D eigenvalue weighted by atomic mass is 10.1.